The van der Waals surface area contributed by atoms with Crippen LogP contribution in [0, 0.1) is 0 Å². The molecule has 0 spiro atoms. The molecule has 0 aromatic heterocycles. The zero-order chi connectivity index (χ0) is 24.8. The Balaban J connectivity index is 1.80. The quantitative estimate of drug-likeness (QED) is 0.169. The van der Waals surface area contributed by atoms with Gasteiger partial charge in [0, 0.05) is 18.1 Å². The van der Waals surface area contributed by atoms with Crippen molar-refractivity contribution in [3.05, 3.63) is 0 Å². The fraction of sp³-hybridized carbons (Fsp3) is 1.00. The van der Waals surface area contributed by atoms with Crippen molar-refractivity contribution in [3.8, 4) is 0 Å². The molecule has 33 heavy (non-hydrogen) atoms. The van der Waals surface area contributed by atoms with E-state index in [1.165, 1.54) is 6.92 Å². The molecule has 14 N–H and O–H groups in total. The first kappa shape index (κ1) is 27.0. The third kappa shape index (κ3) is 5.34. The number of ether oxygens (including phenoxy) is 4. The maximum absolute atomic E-state index is 10.7. The van der Waals surface area contributed by atoms with E-state index in [-0.39, 0.29) is 6.42 Å². The van der Waals surface area contributed by atoms with Crippen LogP contribution in [0.2, 0.25) is 0 Å². The van der Waals surface area contributed by atoms with Crippen molar-refractivity contribution in [3.63, 3.8) is 0 Å². The highest BCUT2D eigenvalue weighted by Gasteiger charge is 2.52. The minimum absolute atomic E-state index is 0.137. The summed E-state index contributed by atoms with van der Waals surface area (Å²) in [4.78, 5) is 0. The van der Waals surface area contributed by atoms with Crippen LogP contribution >= 0.6 is 0 Å². The van der Waals surface area contributed by atoms with Gasteiger partial charge in [0.25, 0.3) is 0 Å². The van der Waals surface area contributed by atoms with Crippen LogP contribution in [0.4, 0.5) is 0 Å². The van der Waals surface area contributed by atoms with Crippen LogP contribution in [0.15, 0.2) is 0 Å². The predicted octanol–water partition coefficient (Wildman–Crippen LogP) is -5.88. The number of hydrogen-bond acceptors (Lipinski definition) is 14. The first-order valence-electron chi connectivity index (χ1n) is 11.1. The zero-order valence-corrected chi connectivity index (χ0v) is 18.6. The lowest BCUT2D eigenvalue weighted by Crippen LogP contribution is -2.68. The average molecular weight is 483 g/mol. The van der Waals surface area contributed by atoms with E-state index in [0.717, 1.165) is 0 Å². The number of aliphatic hydroxyl groups excluding tert-OH is 6. The van der Waals surface area contributed by atoms with Crippen molar-refractivity contribution in [2.45, 2.75) is 118 Å². The Morgan fingerprint density at radius 2 is 1.27 bits per heavy atom. The predicted molar refractivity (Wildman–Crippen MR) is 111 cm³/mol. The second kappa shape index (κ2) is 10.6. The molecule has 3 rings (SSSR count). The third-order valence-corrected chi connectivity index (χ3v) is 6.58. The van der Waals surface area contributed by atoms with Gasteiger partial charge >= 0.3 is 0 Å². The second-order valence-electron chi connectivity index (χ2n) is 9.33. The molecule has 1 saturated carbocycles. The summed E-state index contributed by atoms with van der Waals surface area (Å²) in [5, 5.41) is 61.6. The maximum Gasteiger partial charge on any atom is 0.187 e. The maximum atomic E-state index is 10.7. The highest BCUT2D eigenvalue weighted by atomic mass is 16.7. The molecule has 14 nitrogen and oxygen atoms in total. The lowest BCUT2D eigenvalue weighted by Gasteiger charge is -2.47. The molecule has 5 unspecified atom stereocenters. The topological polar surface area (TPSA) is 262 Å². The van der Waals surface area contributed by atoms with Gasteiger partial charge in [0.15, 0.2) is 12.6 Å². The number of aliphatic hydroxyl groups is 6. The van der Waals surface area contributed by atoms with Gasteiger partial charge in [-0.15, -0.1) is 0 Å². The van der Waals surface area contributed by atoms with Gasteiger partial charge in [-0.2, -0.15) is 0 Å². The molecule has 0 radical (unpaired) electrons. The van der Waals surface area contributed by atoms with Crippen LogP contribution in [0.25, 0.3) is 0 Å². The van der Waals surface area contributed by atoms with Crippen LogP contribution in [-0.4, -0.2) is 128 Å². The van der Waals surface area contributed by atoms with E-state index in [0.29, 0.717) is 0 Å². The standard InChI is InChI=1S/C19H38N4O10/c1-4(20)14-12(28)13(29)19(30-14)33-17-9(25)6(21)3-7(22)16(17)32-18-8(23)10(26)11(27)15(31-18)5(2)24/h4-19,24-29H,3,20-23H2,1-2H3/t4-,5+,6+,7?,8?,9?,10+,11-,12?,13-,14+,15?,16+,17+,18+,19-/m0/s1. The smallest absolute Gasteiger partial charge is 0.187 e. The van der Waals surface area contributed by atoms with Crippen molar-refractivity contribution in [1.29, 1.82) is 0 Å². The van der Waals surface area contributed by atoms with Crippen LogP contribution in [0.1, 0.15) is 20.3 Å². The van der Waals surface area contributed by atoms with Gasteiger partial charge in [-0.05, 0) is 20.3 Å². The third-order valence-electron chi connectivity index (χ3n) is 6.58. The van der Waals surface area contributed by atoms with Crippen LogP contribution < -0.4 is 22.9 Å². The summed E-state index contributed by atoms with van der Waals surface area (Å²) in [6, 6.07) is -3.41. The molecule has 2 aliphatic heterocycles. The van der Waals surface area contributed by atoms with Gasteiger partial charge in [0.2, 0.25) is 0 Å². The van der Waals surface area contributed by atoms with E-state index in [9.17, 15) is 30.6 Å². The minimum atomic E-state index is -1.48. The Bertz CT molecular complexity index is 648. The summed E-state index contributed by atoms with van der Waals surface area (Å²) in [5.41, 5.74) is 24.0. The Hall–Kier alpha value is -0.560. The Labute approximate surface area is 191 Å². The van der Waals surface area contributed by atoms with E-state index in [1.807, 2.05) is 0 Å². The van der Waals surface area contributed by atoms with Crippen LogP contribution in [-0.2, 0) is 18.9 Å². The van der Waals surface area contributed by atoms with Crippen LogP contribution in [0.3, 0.4) is 0 Å². The van der Waals surface area contributed by atoms with Gasteiger partial charge in [-0.25, -0.2) is 0 Å². The SMILES string of the molecule is C[C@H](N)[C@H]1O[C@@H](O[C@@H]2C(O)[C@H](N)CC(N)[C@H]2O[C@H]2OC([C@@H](C)O)[C@@H](O)[C@H](O)C2N)[C@@H](O)C1O. The molecule has 3 aliphatic rings. The largest absolute Gasteiger partial charge is 0.391 e. The molecule has 0 amide bonds. The molecule has 0 aromatic carbocycles. The van der Waals surface area contributed by atoms with E-state index in [1.54, 1.807) is 6.92 Å². The molecule has 2 saturated heterocycles. The lowest BCUT2D eigenvalue weighted by molar-refractivity contribution is -0.315. The molecule has 1 aliphatic carbocycles. The highest BCUT2D eigenvalue weighted by Crippen LogP contribution is 2.32. The number of rotatable bonds is 6. The van der Waals surface area contributed by atoms with Crippen molar-refractivity contribution in [2.75, 3.05) is 0 Å². The van der Waals surface area contributed by atoms with E-state index in [4.69, 9.17) is 41.9 Å². The summed E-state index contributed by atoms with van der Waals surface area (Å²) in [6.45, 7) is 2.96. The van der Waals surface area contributed by atoms with Gasteiger partial charge in [-0.3, -0.25) is 0 Å². The zero-order valence-electron chi connectivity index (χ0n) is 18.6. The molecule has 2 heterocycles. The monoisotopic (exact) mass is 482 g/mol. The normalized spacial score (nSPS) is 53.1. The minimum Gasteiger partial charge on any atom is -0.391 e. The van der Waals surface area contributed by atoms with E-state index in [2.05, 4.69) is 0 Å². The molecule has 0 aromatic rings. The summed E-state index contributed by atoms with van der Waals surface area (Å²) in [6.07, 6.45) is -15.2. The highest BCUT2D eigenvalue weighted by molar-refractivity contribution is 5.02. The van der Waals surface area contributed by atoms with Crippen molar-refractivity contribution < 1.29 is 49.6 Å². The van der Waals surface area contributed by atoms with Gasteiger partial charge in [-0.1, -0.05) is 0 Å². The fourth-order valence-corrected chi connectivity index (χ4v) is 4.57. The Morgan fingerprint density at radius 3 is 1.82 bits per heavy atom. The molecule has 0 bridgehead atoms. The van der Waals surface area contributed by atoms with Crippen molar-refractivity contribution in [2.24, 2.45) is 22.9 Å². The van der Waals surface area contributed by atoms with Gasteiger partial charge in [0.1, 0.15) is 48.8 Å². The van der Waals surface area contributed by atoms with E-state index < -0.39 is 97.8 Å². The lowest BCUT2D eigenvalue weighted by atomic mass is 9.84. The molecular weight excluding hydrogens is 444 g/mol. The van der Waals surface area contributed by atoms with Crippen molar-refractivity contribution in [1.82, 2.24) is 0 Å². The summed E-state index contributed by atoms with van der Waals surface area (Å²) >= 11 is 0. The first-order valence-corrected chi connectivity index (χ1v) is 11.1. The second-order valence-corrected chi connectivity index (χ2v) is 9.33. The molecule has 14 heteroatoms. The average Bonchev–Trinajstić information content (AvgIpc) is 3.02. The summed E-state index contributed by atoms with van der Waals surface area (Å²) < 4.78 is 22.9. The van der Waals surface area contributed by atoms with Gasteiger partial charge in [0.05, 0.1) is 18.2 Å². The fourth-order valence-electron chi connectivity index (χ4n) is 4.57. The summed E-state index contributed by atoms with van der Waals surface area (Å²) in [5.74, 6) is 0. The molecule has 3 fully saturated rings. The van der Waals surface area contributed by atoms with Gasteiger partial charge < -0.3 is 72.5 Å². The van der Waals surface area contributed by atoms with Crippen molar-refractivity contribution >= 4 is 0 Å². The molecular formula is C19H38N4O10. The Kier molecular flexibility index (Phi) is 8.68. The molecule has 194 valence electrons. The number of hydrogen-bond donors (Lipinski definition) is 10. The Morgan fingerprint density at radius 1 is 0.727 bits per heavy atom. The number of nitrogens with two attached hydrogens (primary N) is 4. The molecule has 16 atom stereocenters. The van der Waals surface area contributed by atoms with Crippen LogP contribution in [0.5, 0.6) is 0 Å². The van der Waals surface area contributed by atoms with E-state index >= 15 is 0 Å². The first-order chi connectivity index (χ1) is 15.3. The summed E-state index contributed by atoms with van der Waals surface area (Å²) in [7, 11) is 0.